The van der Waals surface area contributed by atoms with Gasteiger partial charge in [0.1, 0.15) is 12.4 Å². The molecule has 2 aromatic carbocycles. The highest BCUT2D eigenvalue weighted by atomic mass is 79.9. The van der Waals surface area contributed by atoms with E-state index < -0.39 is 0 Å². The highest BCUT2D eigenvalue weighted by Crippen LogP contribution is 2.35. The first-order valence-electron chi connectivity index (χ1n) is 5.65. The predicted octanol–water partition coefficient (Wildman–Crippen LogP) is 5.01. The Balaban J connectivity index is 2.16. The van der Waals surface area contributed by atoms with Crippen LogP contribution in [-0.4, -0.2) is 0 Å². The third kappa shape index (κ3) is 4.05. The molecular weight excluding hydrogens is 438 g/mol. The van der Waals surface area contributed by atoms with Crippen molar-refractivity contribution in [3.05, 3.63) is 60.9 Å². The summed E-state index contributed by atoms with van der Waals surface area (Å²) >= 11 is 10.5. The van der Waals surface area contributed by atoms with Crippen LogP contribution < -0.4 is 10.5 Å². The van der Waals surface area contributed by atoms with E-state index in [0.29, 0.717) is 13.2 Å². The zero-order valence-electron chi connectivity index (χ0n) is 10.00. The summed E-state index contributed by atoms with van der Waals surface area (Å²) in [6.07, 6.45) is 0. The molecular formula is C14H12Br3NO. The van der Waals surface area contributed by atoms with Crippen molar-refractivity contribution >= 4 is 47.8 Å². The van der Waals surface area contributed by atoms with Crippen LogP contribution in [0.15, 0.2) is 49.8 Å². The first kappa shape index (κ1) is 15.0. The van der Waals surface area contributed by atoms with Gasteiger partial charge in [-0.25, -0.2) is 0 Å². The minimum absolute atomic E-state index is 0.503. The van der Waals surface area contributed by atoms with Crippen molar-refractivity contribution in [2.75, 3.05) is 0 Å². The lowest BCUT2D eigenvalue weighted by Crippen LogP contribution is -2.00. The Bertz CT molecular complexity index is 564. The Hall–Kier alpha value is -0.360. The molecule has 0 radical (unpaired) electrons. The smallest absolute Gasteiger partial charge is 0.148 e. The molecule has 19 heavy (non-hydrogen) atoms. The Labute approximate surface area is 137 Å². The molecule has 0 saturated heterocycles. The molecule has 2 N–H and O–H groups in total. The number of hydrogen-bond donors (Lipinski definition) is 1. The molecule has 0 bridgehead atoms. The minimum atomic E-state index is 0.503. The van der Waals surface area contributed by atoms with E-state index in [9.17, 15) is 0 Å². The van der Waals surface area contributed by atoms with Gasteiger partial charge in [0, 0.05) is 11.0 Å². The summed E-state index contributed by atoms with van der Waals surface area (Å²) in [7, 11) is 0. The van der Waals surface area contributed by atoms with E-state index in [0.717, 1.165) is 30.3 Å². The van der Waals surface area contributed by atoms with Crippen molar-refractivity contribution in [1.29, 1.82) is 0 Å². The van der Waals surface area contributed by atoms with Crippen LogP contribution >= 0.6 is 47.8 Å². The van der Waals surface area contributed by atoms with Crippen LogP contribution in [-0.2, 0) is 13.2 Å². The van der Waals surface area contributed by atoms with Crippen LogP contribution in [0.2, 0.25) is 0 Å². The molecule has 0 atom stereocenters. The molecule has 0 fully saturated rings. The fourth-order valence-electron chi connectivity index (χ4n) is 1.65. The normalized spacial score (nSPS) is 10.5. The van der Waals surface area contributed by atoms with Crippen LogP contribution in [0.1, 0.15) is 11.1 Å². The van der Waals surface area contributed by atoms with Gasteiger partial charge in [0.2, 0.25) is 0 Å². The van der Waals surface area contributed by atoms with Gasteiger partial charge < -0.3 is 10.5 Å². The lowest BCUT2D eigenvalue weighted by atomic mass is 10.2. The Kier molecular flexibility index (Phi) is 5.45. The van der Waals surface area contributed by atoms with Crippen LogP contribution in [0, 0.1) is 0 Å². The molecule has 2 nitrogen and oxygen atoms in total. The maximum atomic E-state index is 5.85. The molecule has 0 aliphatic heterocycles. The van der Waals surface area contributed by atoms with Gasteiger partial charge in [0.05, 0.1) is 8.95 Å². The van der Waals surface area contributed by atoms with E-state index in [4.69, 9.17) is 10.5 Å². The van der Waals surface area contributed by atoms with E-state index in [1.807, 2.05) is 36.4 Å². The number of benzene rings is 2. The maximum absolute atomic E-state index is 5.85. The summed E-state index contributed by atoms with van der Waals surface area (Å²) in [4.78, 5) is 0. The third-order valence-corrected chi connectivity index (χ3v) is 4.24. The van der Waals surface area contributed by atoms with Gasteiger partial charge in [-0.15, -0.1) is 0 Å². The van der Waals surface area contributed by atoms with Crippen molar-refractivity contribution in [3.8, 4) is 5.75 Å². The lowest BCUT2D eigenvalue weighted by Gasteiger charge is -2.12. The molecule has 0 unspecified atom stereocenters. The molecule has 0 aliphatic carbocycles. The monoisotopic (exact) mass is 447 g/mol. The fourth-order valence-corrected chi connectivity index (χ4v) is 3.61. The largest absolute Gasteiger partial charge is 0.487 e. The molecule has 5 heteroatoms. The summed E-state index contributed by atoms with van der Waals surface area (Å²) < 4.78 is 8.70. The van der Waals surface area contributed by atoms with Gasteiger partial charge in [-0.1, -0.05) is 28.1 Å². The fraction of sp³-hybridized carbons (Fsp3) is 0.143. The molecule has 0 aromatic heterocycles. The molecule has 100 valence electrons. The average Bonchev–Trinajstić information content (AvgIpc) is 2.37. The third-order valence-electron chi connectivity index (χ3n) is 2.57. The minimum Gasteiger partial charge on any atom is -0.487 e. The van der Waals surface area contributed by atoms with Gasteiger partial charge in [-0.3, -0.25) is 0 Å². The molecule has 0 aliphatic rings. The number of hydrogen-bond acceptors (Lipinski definition) is 2. The van der Waals surface area contributed by atoms with E-state index >= 15 is 0 Å². The average molecular weight is 450 g/mol. The summed E-state index contributed by atoms with van der Waals surface area (Å²) in [5, 5.41) is 0. The van der Waals surface area contributed by atoms with Crippen molar-refractivity contribution in [2.45, 2.75) is 13.2 Å². The number of ether oxygens (including phenoxy) is 1. The second-order valence-electron chi connectivity index (χ2n) is 4.01. The summed E-state index contributed by atoms with van der Waals surface area (Å²) in [6.45, 7) is 1.02. The number of rotatable bonds is 4. The summed E-state index contributed by atoms with van der Waals surface area (Å²) in [5.74, 6) is 0.789. The zero-order chi connectivity index (χ0) is 13.8. The molecule has 0 spiro atoms. The molecule has 0 amide bonds. The van der Waals surface area contributed by atoms with Crippen LogP contribution in [0.5, 0.6) is 5.75 Å². The molecule has 0 saturated carbocycles. The highest BCUT2D eigenvalue weighted by Gasteiger charge is 2.09. The topological polar surface area (TPSA) is 35.2 Å². The Morgan fingerprint density at radius 2 is 1.63 bits per heavy atom. The highest BCUT2D eigenvalue weighted by molar-refractivity contribution is 9.11. The Morgan fingerprint density at radius 3 is 2.21 bits per heavy atom. The first-order chi connectivity index (χ1) is 9.10. The predicted molar refractivity (Wildman–Crippen MR) is 88.2 cm³/mol. The molecule has 2 aromatic rings. The van der Waals surface area contributed by atoms with Gasteiger partial charge in [-0.2, -0.15) is 0 Å². The standard InChI is InChI=1S/C14H12Br3NO/c15-11-3-1-2-9(4-11)8-19-14-12(16)5-10(7-18)6-13(14)17/h1-6H,7-8,18H2. The van der Waals surface area contributed by atoms with Gasteiger partial charge in [-0.05, 0) is 67.3 Å². The van der Waals surface area contributed by atoms with Gasteiger partial charge in [0.25, 0.3) is 0 Å². The Morgan fingerprint density at radius 1 is 0.947 bits per heavy atom. The summed E-state index contributed by atoms with van der Waals surface area (Å²) in [6, 6.07) is 12.0. The van der Waals surface area contributed by atoms with Crippen LogP contribution in [0.25, 0.3) is 0 Å². The van der Waals surface area contributed by atoms with Gasteiger partial charge >= 0.3 is 0 Å². The summed E-state index contributed by atoms with van der Waals surface area (Å²) in [5.41, 5.74) is 7.79. The van der Waals surface area contributed by atoms with E-state index in [1.54, 1.807) is 0 Å². The second-order valence-corrected chi connectivity index (χ2v) is 6.64. The number of halogens is 3. The van der Waals surface area contributed by atoms with Crippen molar-refractivity contribution < 1.29 is 4.74 Å². The van der Waals surface area contributed by atoms with E-state index in [-0.39, 0.29) is 0 Å². The van der Waals surface area contributed by atoms with Crippen molar-refractivity contribution in [2.24, 2.45) is 5.73 Å². The van der Waals surface area contributed by atoms with E-state index in [1.165, 1.54) is 0 Å². The molecule has 2 rings (SSSR count). The van der Waals surface area contributed by atoms with Crippen LogP contribution in [0.3, 0.4) is 0 Å². The SMILES string of the molecule is NCc1cc(Br)c(OCc2cccc(Br)c2)c(Br)c1. The van der Waals surface area contributed by atoms with Gasteiger partial charge in [0.15, 0.2) is 0 Å². The molecule has 0 heterocycles. The quantitative estimate of drug-likeness (QED) is 0.712. The van der Waals surface area contributed by atoms with Crippen molar-refractivity contribution in [1.82, 2.24) is 0 Å². The zero-order valence-corrected chi connectivity index (χ0v) is 14.8. The second kappa shape index (κ2) is 6.88. The lowest BCUT2D eigenvalue weighted by molar-refractivity contribution is 0.302. The number of nitrogens with two attached hydrogens (primary N) is 1. The first-order valence-corrected chi connectivity index (χ1v) is 8.03. The van der Waals surface area contributed by atoms with E-state index in [2.05, 4.69) is 47.8 Å². The van der Waals surface area contributed by atoms with Crippen molar-refractivity contribution in [3.63, 3.8) is 0 Å². The van der Waals surface area contributed by atoms with Crippen LogP contribution in [0.4, 0.5) is 0 Å². The maximum Gasteiger partial charge on any atom is 0.148 e.